The molecule has 190 valence electrons. The van der Waals surface area contributed by atoms with Gasteiger partial charge in [-0.1, -0.05) is 66.7 Å². The van der Waals surface area contributed by atoms with Crippen LogP contribution in [0.25, 0.3) is 0 Å². The zero-order valence-electron chi connectivity index (χ0n) is 20.2. The summed E-state index contributed by atoms with van der Waals surface area (Å²) in [4.78, 5) is 22.4. The Morgan fingerprint density at radius 3 is 1.03 bits per heavy atom. The first-order valence-electron chi connectivity index (χ1n) is 11.0. The molecule has 0 spiro atoms. The van der Waals surface area contributed by atoms with Crippen LogP contribution in [0.15, 0.2) is 115 Å². The number of carbonyl (C=O) groups is 2. The Bertz CT molecular complexity index is 1180. The van der Waals surface area contributed by atoms with Crippen LogP contribution in [0.3, 0.4) is 0 Å². The van der Waals surface area contributed by atoms with Gasteiger partial charge in [-0.15, -0.1) is 0 Å². The molecule has 0 fully saturated rings. The molecule has 0 N–H and O–H groups in total. The van der Waals surface area contributed by atoms with E-state index in [1.807, 2.05) is 18.2 Å². The predicted octanol–water partition coefficient (Wildman–Crippen LogP) is 6.59. The molecule has 0 aliphatic heterocycles. The fourth-order valence-corrected chi connectivity index (χ4v) is 4.20. The molecule has 4 rings (SSSR count). The van der Waals surface area contributed by atoms with Crippen LogP contribution in [0, 0.1) is 0 Å². The number of benzene rings is 4. The summed E-state index contributed by atoms with van der Waals surface area (Å²) in [6, 6.07) is 32.7. The van der Waals surface area contributed by atoms with Gasteiger partial charge in [-0.3, -0.25) is 0 Å². The summed E-state index contributed by atoms with van der Waals surface area (Å²) in [5.41, 5.74) is 0.420. The Morgan fingerprint density at radius 1 is 0.486 bits per heavy atom. The van der Waals surface area contributed by atoms with Gasteiger partial charge in [0.05, 0.1) is 25.3 Å². The van der Waals surface area contributed by atoms with Crippen molar-refractivity contribution in [3.63, 3.8) is 0 Å². The number of hydrogen-bond donors (Lipinski definition) is 0. The van der Waals surface area contributed by atoms with Gasteiger partial charge in [-0.25, -0.2) is 9.59 Å². The zero-order chi connectivity index (χ0) is 26.5. The summed E-state index contributed by atoms with van der Waals surface area (Å²) >= 11 is 0. The van der Waals surface area contributed by atoms with Gasteiger partial charge < -0.3 is 23.0 Å². The van der Waals surface area contributed by atoms with Crippen LogP contribution in [0.4, 0.5) is 0 Å². The second kappa shape index (κ2) is 13.5. The van der Waals surface area contributed by atoms with Crippen molar-refractivity contribution in [2.45, 2.75) is 0 Å². The van der Waals surface area contributed by atoms with E-state index in [0.29, 0.717) is 17.2 Å². The number of phosphoric ester groups is 1. The third-order valence-corrected chi connectivity index (χ3v) is 5.92. The van der Waals surface area contributed by atoms with Crippen molar-refractivity contribution >= 4 is 19.8 Å². The van der Waals surface area contributed by atoms with Gasteiger partial charge in [-0.2, -0.15) is 4.57 Å². The van der Waals surface area contributed by atoms with Crippen molar-refractivity contribution in [3.05, 3.63) is 126 Å². The predicted molar refractivity (Wildman–Crippen MR) is 138 cm³/mol. The van der Waals surface area contributed by atoms with Crippen LogP contribution < -0.4 is 13.6 Å². The van der Waals surface area contributed by atoms with Crippen molar-refractivity contribution in [1.82, 2.24) is 0 Å². The molecule has 0 heterocycles. The lowest BCUT2D eigenvalue weighted by molar-refractivity contribution is 0.0555. The molecule has 0 atom stereocenters. The molecule has 0 saturated heterocycles. The third-order valence-electron chi connectivity index (χ3n) is 4.62. The van der Waals surface area contributed by atoms with Crippen molar-refractivity contribution in [2.75, 3.05) is 14.2 Å². The van der Waals surface area contributed by atoms with Crippen LogP contribution in [0.5, 0.6) is 17.2 Å². The molecule has 0 saturated carbocycles. The Morgan fingerprint density at radius 2 is 0.757 bits per heavy atom. The number of methoxy groups -OCH3 is 2. The lowest BCUT2D eigenvalue weighted by atomic mass is 10.1. The Kier molecular flexibility index (Phi) is 9.88. The molecule has 0 aliphatic rings. The topological polar surface area (TPSA) is 97.4 Å². The summed E-state index contributed by atoms with van der Waals surface area (Å²) in [6.45, 7) is 0. The van der Waals surface area contributed by atoms with Gasteiger partial charge in [0, 0.05) is 0 Å². The second-order valence-corrected chi connectivity index (χ2v) is 8.63. The monoisotopic (exact) mass is 520 g/mol. The van der Waals surface area contributed by atoms with Crippen LogP contribution in [-0.2, 0) is 14.0 Å². The number of esters is 2. The maximum absolute atomic E-state index is 13.1. The fourth-order valence-electron chi connectivity index (χ4n) is 2.95. The van der Waals surface area contributed by atoms with Crippen LogP contribution in [0.1, 0.15) is 20.7 Å². The van der Waals surface area contributed by atoms with E-state index >= 15 is 0 Å². The van der Waals surface area contributed by atoms with E-state index in [1.54, 1.807) is 84.9 Å². The summed E-state index contributed by atoms with van der Waals surface area (Å²) in [5, 5.41) is 0. The first-order valence-corrected chi connectivity index (χ1v) is 12.5. The quantitative estimate of drug-likeness (QED) is 0.190. The second-order valence-electron chi connectivity index (χ2n) is 7.19. The minimum absolute atomic E-state index is 0.210. The van der Waals surface area contributed by atoms with E-state index in [4.69, 9.17) is 13.6 Å². The number of ether oxygens (including phenoxy) is 2. The minimum Gasteiger partial charge on any atom is -0.465 e. The van der Waals surface area contributed by atoms with Crippen LogP contribution >= 0.6 is 7.82 Å². The fraction of sp³-hybridized carbons (Fsp3) is 0.0714. The zero-order valence-corrected chi connectivity index (χ0v) is 21.1. The molecule has 0 unspecified atom stereocenters. The summed E-state index contributed by atoms with van der Waals surface area (Å²) < 4.78 is 38.7. The highest BCUT2D eigenvalue weighted by Crippen LogP contribution is 2.49. The largest absolute Gasteiger partial charge is 0.647 e. The summed E-state index contributed by atoms with van der Waals surface area (Å²) in [6.07, 6.45) is 0. The Hall–Kier alpha value is -4.55. The highest BCUT2D eigenvalue weighted by molar-refractivity contribution is 7.49. The number of hydrogen-bond acceptors (Lipinski definition) is 8. The maximum Gasteiger partial charge on any atom is 0.647 e. The molecule has 0 bridgehead atoms. The molecular formula is C28H25O8P. The molecule has 0 aromatic heterocycles. The van der Waals surface area contributed by atoms with Crippen molar-refractivity contribution < 1.29 is 37.2 Å². The van der Waals surface area contributed by atoms with Gasteiger partial charge in [0.1, 0.15) is 17.2 Å². The standard InChI is InChI=1S/C18H15O4P.C10H10O4/c19-23(20-16-10-4-1-5-11-16,21-17-12-6-2-7-13-17)22-18-14-8-3-9-15-18;1-13-9(11)7-5-3-4-6-8(7)10(12)14-2/h1-15H;3-6H,1-2H3. The Labute approximate surface area is 215 Å². The van der Waals surface area contributed by atoms with Crippen LogP contribution in [-0.4, -0.2) is 26.2 Å². The van der Waals surface area contributed by atoms with E-state index in [0.717, 1.165) is 0 Å². The van der Waals surface area contributed by atoms with Crippen molar-refractivity contribution in [3.8, 4) is 17.2 Å². The Balaban J connectivity index is 0.000000233. The third kappa shape index (κ3) is 8.26. The van der Waals surface area contributed by atoms with E-state index in [2.05, 4.69) is 9.47 Å². The maximum atomic E-state index is 13.1. The molecule has 4 aromatic rings. The highest BCUT2D eigenvalue weighted by atomic mass is 31.2. The normalized spacial score (nSPS) is 10.2. The highest BCUT2D eigenvalue weighted by Gasteiger charge is 2.33. The van der Waals surface area contributed by atoms with E-state index < -0.39 is 19.8 Å². The van der Waals surface area contributed by atoms with E-state index in [-0.39, 0.29) is 11.1 Å². The molecular weight excluding hydrogens is 495 g/mol. The van der Waals surface area contributed by atoms with E-state index in [9.17, 15) is 14.2 Å². The minimum atomic E-state index is -3.89. The first kappa shape index (κ1) is 27.0. The lowest BCUT2D eigenvalue weighted by Gasteiger charge is -2.19. The SMILES string of the molecule is COC(=O)c1ccccc1C(=O)OC.O=P(Oc1ccccc1)(Oc1ccccc1)Oc1ccccc1. The molecule has 37 heavy (non-hydrogen) atoms. The van der Waals surface area contributed by atoms with Gasteiger partial charge in [0.2, 0.25) is 0 Å². The van der Waals surface area contributed by atoms with Gasteiger partial charge in [0.25, 0.3) is 0 Å². The molecule has 0 aliphatic carbocycles. The van der Waals surface area contributed by atoms with Gasteiger partial charge in [-0.05, 0) is 48.5 Å². The number of carbonyl (C=O) groups excluding carboxylic acids is 2. The van der Waals surface area contributed by atoms with Gasteiger partial charge >= 0.3 is 19.8 Å². The van der Waals surface area contributed by atoms with E-state index in [1.165, 1.54) is 26.4 Å². The summed E-state index contributed by atoms with van der Waals surface area (Å²) in [5.74, 6) is 0.116. The van der Waals surface area contributed by atoms with Crippen molar-refractivity contribution in [1.29, 1.82) is 0 Å². The smallest absolute Gasteiger partial charge is 0.465 e. The van der Waals surface area contributed by atoms with Crippen LogP contribution in [0.2, 0.25) is 0 Å². The van der Waals surface area contributed by atoms with Crippen molar-refractivity contribution in [2.24, 2.45) is 0 Å². The number of rotatable bonds is 8. The lowest BCUT2D eigenvalue weighted by Crippen LogP contribution is -2.11. The average Bonchev–Trinajstić information content (AvgIpc) is 2.94. The number of phosphoric acid groups is 1. The molecule has 0 amide bonds. The molecule has 9 heteroatoms. The molecule has 8 nitrogen and oxygen atoms in total. The number of para-hydroxylation sites is 3. The molecule has 4 aromatic carbocycles. The summed E-state index contributed by atoms with van der Waals surface area (Å²) in [7, 11) is -1.36. The first-order chi connectivity index (χ1) is 17.9. The molecule has 0 radical (unpaired) electrons. The van der Waals surface area contributed by atoms with Gasteiger partial charge in [0.15, 0.2) is 0 Å². The average molecular weight is 520 g/mol.